The topological polar surface area (TPSA) is 72.2 Å². The smallest absolute Gasteiger partial charge is 0.252 e. The van der Waals surface area contributed by atoms with E-state index < -0.39 is 5.91 Å². The van der Waals surface area contributed by atoms with E-state index in [1.165, 1.54) is 0 Å². The maximum atomic E-state index is 11.9. The molecule has 0 atom stereocenters. The summed E-state index contributed by atoms with van der Waals surface area (Å²) < 4.78 is 0. The van der Waals surface area contributed by atoms with E-state index in [0.717, 1.165) is 0 Å². The number of hydrogen-bond donors (Lipinski definition) is 2. The first-order valence-corrected chi connectivity index (χ1v) is 5.48. The van der Waals surface area contributed by atoms with Crippen molar-refractivity contribution in [2.45, 2.75) is 20.8 Å². The second-order valence-electron chi connectivity index (χ2n) is 5.15. The Hall–Kier alpha value is -1.84. The first-order valence-electron chi connectivity index (χ1n) is 5.48. The molecule has 4 nitrogen and oxygen atoms in total. The van der Waals surface area contributed by atoms with Crippen molar-refractivity contribution in [2.24, 2.45) is 11.1 Å². The number of carbonyl (C=O) groups excluding carboxylic acids is 2. The van der Waals surface area contributed by atoms with Crippen LogP contribution in [0.1, 0.15) is 41.5 Å². The molecule has 0 heterocycles. The predicted molar refractivity (Wildman–Crippen MR) is 66.7 cm³/mol. The van der Waals surface area contributed by atoms with E-state index in [4.69, 9.17) is 5.73 Å². The van der Waals surface area contributed by atoms with E-state index in [2.05, 4.69) is 5.32 Å². The minimum absolute atomic E-state index is 0.00265. The van der Waals surface area contributed by atoms with Gasteiger partial charge in [0.05, 0.1) is 11.1 Å². The molecule has 1 aromatic carbocycles. The van der Waals surface area contributed by atoms with Crippen molar-refractivity contribution in [2.75, 3.05) is 6.54 Å². The average Bonchev–Trinajstić information content (AvgIpc) is 2.25. The third kappa shape index (κ3) is 3.90. The van der Waals surface area contributed by atoms with Crippen molar-refractivity contribution in [3.8, 4) is 0 Å². The zero-order valence-electron chi connectivity index (χ0n) is 10.4. The van der Waals surface area contributed by atoms with Crippen LogP contribution in [0.5, 0.6) is 0 Å². The van der Waals surface area contributed by atoms with E-state index >= 15 is 0 Å². The van der Waals surface area contributed by atoms with Crippen LogP contribution in [0, 0.1) is 5.41 Å². The molecule has 17 heavy (non-hydrogen) atoms. The van der Waals surface area contributed by atoms with Gasteiger partial charge in [-0.1, -0.05) is 32.9 Å². The van der Waals surface area contributed by atoms with Crippen molar-refractivity contribution in [3.05, 3.63) is 35.4 Å². The Morgan fingerprint density at radius 3 is 2.18 bits per heavy atom. The molecule has 0 aromatic heterocycles. The summed E-state index contributed by atoms with van der Waals surface area (Å²) in [6, 6.07) is 6.53. The fourth-order valence-corrected chi connectivity index (χ4v) is 1.34. The molecule has 0 aliphatic heterocycles. The molecule has 0 radical (unpaired) electrons. The molecule has 0 aliphatic carbocycles. The van der Waals surface area contributed by atoms with E-state index in [0.29, 0.717) is 12.1 Å². The maximum absolute atomic E-state index is 11.9. The lowest BCUT2D eigenvalue weighted by molar-refractivity contribution is 0.0924. The molecular formula is C13H18N2O2. The number of carbonyl (C=O) groups is 2. The summed E-state index contributed by atoms with van der Waals surface area (Å²) in [5.74, 6) is -0.860. The van der Waals surface area contributed by atoms with Crippen LogP contribution in [0.25, 0.3) is 0 Å². The summed E-state index contributed by atoms with van der Waals surface area (Å²) in [4.78, 5) is 23.1. The Bertz CT molecular complexity index is 433. The van der Waals surface area contributed by atoms with Crippen molar-refractivity contribution in [1.82, 2.24) is 5.32 Å². The number of benzene rings is 1. The van der Waals surface area contributed by atoms with Crippen LogP contribution in [-0.4, -0.2) is 18.4 Å². The second-order valence-corrected chi connectivity index (χ2v) is 5.15. The van der Waals surface area contributed by atoms with Gasteiger partial charge in [0.25, 0.3) is 5.91 Å². The summed E-state index contributed by atoms with van der Waals surface area (Å²) in [5.41, 5.74) is 5.79. The van der Waals surface area contributed by atoms with Gasteiger partial charge < -0.3 is 11.1 Å². The minimum atomic E-state index is -0.591. The van der Waals surface area contributed by atoms with Gasteiger partial charge in [-0.2, -0.15) is 0 Å². The van der Waals surface area contributed by atoms with Crippen LogP contribution < -0.4 is 11.1 Å². The molecule has 0 bridgehead atoms. The zero-order valence-corrected chi connectivity index (χ0v) is 10.4. The number of rotatable bonds is 3. The van der Waals surface area contributed by atoms with Gasteiger partial charge in [0.2, 0.25) is 5.91 Å². The molecule has 0 fully saturated rings. The normalized spacial score (nSPS) is 11.0. The van der Waals surface area contributed by atoms with E-state index in [9.17, 15) is 9.59 Å². The zero-order chi connectivity index (χ0) is 13.1. The molecule has 4 heteroatoms. The van der Waals surface area contributed by atoms with Crippen molar-refractivity contribution >= 4 is 11.8 Å². The molecule has 0 saturated carbocycles. The van der Waals surface area contributed by atoms with Crippen LogP contribution >= 0.6 is 0 Å². The Kier molecular flexibility index (Phi) is 3.89. The number of primary amides is 1. The highest BCUT2D eigenvalue weighted by molar-refractivity contribution is 6.06. The van der Waals surface area contributed by atoms with Crippen molar-refractivity contribution in [3.63, 3.8) is 0 Å². The van der Waals surface area contributed by atoms with Crippen LogP contribution in [0.2, 0.25) is 0 Å². The number of nitrogens with two attached hydrogens (primary N) is 1. The standard InChI is InChI=1S/C13H18N2O2/c1-13(2,3)8-15-12(17)10-7-5-4-6-9(10)11(14)16/h4-7H,8H2,1-3H3,(H2,14,16)(H,15,17). The SMILES string of the molecule is CC(C)(C)CNC(=O)c1ccccc1C(N)=O. The lowest BCUT2D eigenvalue weighted by Gasteiger charge is -2.19. The van der Waals surface area contributed by atoms with Crippen LogP contribution in [0.4, 0.5) is 0 Å². The number of amides is 2. The fourth-order valence-electron chi connectivity index (χ4n) is 1.34. The van der Waals surface area contributed by atoms with E-state index in [1.54, 1.807) is 24.3 Å². The third-order valence-corrected chi connectivity index (χ3v) is 2.22. The van der Waals surface area contributed by atoms with Crippen LogP contribution in [0.3, 0.4) is 0 Å². The Morgan fingerprint density at radius 1 is 1.18 bits per heavy atom. The summed E-state index contributed by atoms with van der Waals surface area (Å²) >= 11 is 0. The van der Waals surface area contributed by atoms with Gasteiger partial charge in [-0.05, 0) is 17.5 Å². The van der Waals surface area contributed by atoms with E-state index in [1.807, 2.05) is 20.8 Å². The van der Waals surface area contributed by atoms with E-state index in [-0.39, 0.29) is 16.9 Å². The predicted octanol–water partition coefficient (Wildman–Crippen LogP) is 1.56. The van der Waals surface area contributed by atoms with Crippen molar-refractivity contribution < 1.29 is 9.59 Å². The minimum Gasteiger partial charge on any atom is -0.366 e. The Morgan fingerprint density at radius 2 is 1.71 bits per heavy atom. The maximum Gasteiger partial charge on any atom is 0.252 e. The molecule has 1 aromatic rings. The van der Waals surface area contributed by atoms with Crippen LogP contribution in [0.15, 0.2) is 24.3 Å². The summed E-state index contributed by atoms with van der Waals surface area (Å²) in [7, 11) is 0. The molecule has 1 rings (SSSR count). The highest BCUT2D eigenvalue weighted by atomic mass is 16.2. The summed E-state index contributed by atoms with van der Waals surface area (Å²) in [6.45, 7) is 6.60. The van der Waals surface area contributed by atoms with Gasteiger partial charge in [0, 0.05) is 6.54 Å². The number of hydrogen-bond acceptors (Lipinski definition) is 2. The monoisotopic (exact) mass is 234 g/mol. The largest absolute Gasteiger partial charge is 0.366 e. The molecule has 92 valence electrons. The molecule has 0 aliphatic rings. The average molecular weight is 234 g/mol. The van der Waals surface area contributed by atoms with Gasteiger partial charge in [-0.3, -0.25) is 9.59 Å². The molecular weight excluding hydrogens is 216 g/mol. The first-order chi connectivity index (χ1) is 7.81. The molecule has 0 saturated heterocycles. The van der Waals surface area contributed by atoms with Gasteiger partial charge in [-0.15, -0.1) is 0 Å². The quantitative estimate of drug-likeness (QED) is 0.833. The lowest BCUT2D eigenvalue weighted by atomic mass is 9.96. The highest BCUT2D eigenvalue weighted by Crippen LogP contribution is 2.12. The third-order valence-electron chi connectivity index (χ3n) is 2.22. The van der Waals surface area contributed by atoms with Crippen molar-refractivity contribution in [1.29, 1.82) is 0 Å². The van der Waals surface area contributed by atoms with Gasteiger partial charge in [0.15, 0.2) is 0 Å². The molecule has 0 spiro atoms. The van der Waals surface area contributed by atoms with Gasteiger partial charge in [-0.25, -0.2) is 0 Å². The Labute approximate surface area is 101 Å². The van der Waals surface area contributed by atoms with Gasteiger partial charge in [0.1, 0.15) is 0 Å². The number of nitrogens with one attached hydrogen (secondary N) is 1. The lowest BCUT2D eigenvalue weighted by Crippen LogP contribution is -2.33. The highest BCUT2D eigenvalue weighted by Gasteiger charge is 2.16. The van der Waals surface area contributed by atoms with Crippen LogP contribution in [-0.2, 0) is 0 Å². The summed E-state index contributed by atoms with van der Waals surface area (Å²) in [6.07, 6.45) is 0. The first kappa shape index (κ1) is 13.2. The molecule has 0 unspecified atom stereocenters. The Balaban J connectivity index is 2.86. The summed E-state index contributed by atoms with van der Waals surface area (Å²) in [5, 5.41) is 2.79. The molecule has 3 N–H and O–H groups in total. The molecule has 2 amide bonds. The second kappa shape index (κ2) is 4.99. The van der Waals surface area contributed by atoms with Gasteiger partial charge >= 0.3 is 0 Å². The fraction of sp³-hybridized carbons (Fsp3) is 0.385.